The fourth-order valence-electron chi connectivity index (χ4n) is 3.46. The molecule has 0 bridgehead atoms. The molecule has 0 unspecified atom stereocenters. The summed E-state index contributed by atoms with van der Waals surface area (Å²) in [6, 6.07) is 5.32. The number of carbonyl (C=O) groups is 1. The molecule has 1 aromatic rings. The maximum absolute atomic E-state index is 12.8. The molecule has 11 heteroatoms. The fraction of sp³-hybridized carbons (Fsp3) is 0.588. The van der Waals surface area contributed by atoms with Gasteiger partial charge in [-0.25, -0.2) is 4.79 Å². The van der Waals surface area contributed by atoms with E-state index in [0.717, 1.165) is 25.7 Å². The average molecular weight is 411 g/mol. The molecule has 2 fully saturated rings. The summed E-state index contributed by atoms with van der Waals surface area (Å²) in [5.74, 6) is 0. The predicted molar refractivity (Wildman–Crippen MR) is 104 cm³/mol. The van der Waals surface area contributed by atoms with Crippen LogP contribution in [0.5, 0.6) is 0 Å². The van der Waals surface area contributed by atoms with Gasteiger partial charge in [0, 0.05) is 57.1 Å². The van der Waals surface area contributed by atoms with Crippen molar-refractivity contribution in [1.29, 1.82) is 0 Å². The fourth-order valence-corrected chi connectivity index (χ4v) is 5.13. The van der Waals surface area contributed by atoms with Crippen LogP contribution in [0.25, 0.3) is 0 Å². The highest BCUT2D eigenvalue weighted by Gasteiger charge is 2.33. The van der Waals surface area contributed by atoms with Crippen molar-refractivity contribution in [3.05, 3.63) is 34.4 Å². The highest BCUT2D eigenvalue weighted by molar-refractivity contribution is 7.86. The van der Waals surface area contributed by atoms with Crippen LogP contribution in [-0.4, -0.2) is 72.2 Å². The van der Waals surface area contributed by atoms with Crippen LogP contribution in [0.4, 0.5) is 16.2 Å². The number of hydrogen-bond acceptors (Lipinski definition) is 5. The first-order valence-corrected chi connectivity index (χ1v) is 10.8. The summed E-state index contributed by atoms with van der Waals surface area (Å²) in [5, 5.41) is 13.5. The van der Waals surface area contributed by atoms with E-state index in [0.29, 0.717) is 18.8 Å². The first-order chi connectivity index (χ1) is 13.4. The van der Waals surface area contributed by atoms with Crippen molar-refractivity contribution in [2.24, 2.45) is 0 Å². The Labute approximate surface area is 164 Å². The Bertz CT molecular complexity index is 815. The number of nitrogens with one attached hydrogen (secondary N) is 1. The van der Waals surface area contributed by atoms with Crippen LogP contribution >= 0.6 is 0 Å². The van der Waals surface area contributed by atoms with Crippen LogP contribution in [-0.2, 0) is 10.2 Å². The maximum atomic E-state index is 12.8. The molecule has 0 atom stereocenters. The van der Waals surface area contributed by atoms with Gasteiger partial charge in [0.25, 0.3) is 15.9 Å². The summed E-state index contributed by atoms with van der Waals surface area (Å²) in [6.07, 6.45) is 3.87. The monoisotopic (exact) mass is 411 g/mol. The molecule has 2 amide bonds. The number of anilines is 1. The van der Waals surface area contributed by atoms with Gasteiger partial charge < -0.3 is 10.2 Å². The van der Waals surface area contributed by atoms with Gasteiger partial charge in [-0.05, 0) is 18.9 Å². The van der Waals surface area contributed by atoms with E-state index in [-0.39, 0.29) is 31.9 Å². The molecule has 2 aliphatic heterocycles. The highest BCUT2D eigenvalue weighted by Crippen LogP contribution is 2.20. The van der Waals surface area contributed by atoms with Gasteiger partial charge in [0.2, 0.25) is 0 Å². The lowest BCUT2D eigenvalue weighted by atomic mass is 10.2. The quantitative estimate of drug-likeness (QED) is 0.600. The van der Waals surface area contributed by atoms with E-state index in [9.17, 15) is 23.3 Å². The molecule has 0 aliphatic carbocycles. The van der Waals surface area contributed by atoms with Gasteiger partial charge in [0.05, 0.1) is 4.92 Å². The summed E-state index contributed by atoms with van der Waals surface area (Å²) >= 11 is 0. The molecule has 2 saturated heterocycles. The van der Waals surface area contributed by atoms with Crippen LogP contribution in [0.3, 0.4) is 0 Å². The second kappa shape index (κ2) is 8.84. The third-order valence-corrected chi connectivity index (χ3v) is 7.09. The summed E-state index contributed by atoms with van der Waals surface area (Å²) in [6.45, 7) is 2.12. The Hall–Kier alpha value is -2.24. The number of hydrogen-bond donors (Lipinski definition) is 1. The Morgan fingerprint density at radius 1 is 0.964 bits per heavy atom. The van der Waals surface area contributed by atoms with E-state index < -0.39 is 21.2 Å². The SMILES string of the molecule is O=C(Nc1cccc([N+](=O)[O-])c1)N1CCN(S(=O)(=O)N2CCCCCC2)CC1. The van der Waals surface area contributed by atoms with Gasteiger partial charge in [0.15, 0.2) is 0 Å². The van der Waals surface area contributed by atoms with E-state index in [1.54, 1.807) is 10.4 Å². The third-order valence-electron chi connectivity index (χ3n) is 5.05. The first-order valence-electron chi connectivity index (χ1n) is 9.43. The summed E-state index contributed by atoms with van der Waals surface area (Å²) < 4.78 is 28.7. The number of non-ortho nitro benzene ring substituents is 1. The predicted octanol–water partition coefficient (Wildman–Crippen LogP) is 1.87. The minimum absolute atomic E-state index is 0.105. The summed E-state index contributed by atoms with van der Waals surface area (Å²) in [5.41, 5.74) is 0.227. The minimum Gasteiger partial charge on any atom is -0.322 e. The molecule has 0 radical (unpaired) electrons. The molecule has 28 heavy (non-hydrogen) atoms. The molecule has 1 aromatic carbocycles. The Kier molecular flexibility index (Phi) is 6.47. The van der Waals surface area contributed by atoms with Gasteiger partial charge in [-0.2, -0.15) is 17.0 Å². The van der Waals surface area contributed by atoms with Crippen LogP contribution < -0.4 is 5.32 Å². The number of urea groups is 1. The Morgan fingerprint density at radius 2 is 1.57 bits per heavy atom. The molecule has 2 aliphatic rings. The zero-order valence-corrected chi connectivity index (χ0v) is 16.4. The number of amides is 2. The zero-order valence-electron chi connectivity index (χ0n) is 15.6. The Balaban J connectivity index is 1.56. The maximum Gasteiger partial charge on any atom is 0.321 e. The van der Waals surface area contributed by atoms with Gasteiger partial charge in [-0.1, -0.05) is 18.9 Å². The molecule has 0 saturated carbocycles. The van der Waals surface area contributed by atoms with Gasteiger partial charge >= 0.3 is 6.03 Å². The molecule has 1 N–H and O–H groups in total. The molecule has 2 heterocycles. The number of piperazine rings is 1. The molecular weight excluding hydrogens is 386 g/mol. The van der Waals surface area contributed by atoms with Crippen molar-refractivity contribution >= 4 is 27.6 Å². The molecular formula is C17H25N5O5S. The number of rotatable bonds is 4. The van der Waals surface area contributed by atoms with Gasteiger partial charge in [-0.15, -0.1) is 0 Å². The second-order valence-corrected chi connectivity index (χ2v) is 8.87. The molecule has 154 valence electrons. The van der Waals surface area contributed by atoms with Crippen LogP contribution in [0.1, 0.15) is 25.7 Å². The molecule has 0 spiro atoms. The van der Waals surface area contributed by atoms with Crippen molar-refractivity contribution < 1.29 is 18.1 Å². The van der Waals surface area contributed by atoms with Gasteiger partial charge in [-0.3, -0.25) is 10.1 Å². The van der Waals surface area contributed by atoms with E-state index in [2.05, 4.69) is 5.32 Å². The second-order valence-electron chi connectivity index (χ2n) is 6.94. The van der Waals surface area contributed by atoms with Crippen molar-refractivity contribution in [1.82, 2.24) is 13.5 Å². The van der Waals surface area contributed by atoms with Crippen molar-refractivity contribution in [3.63, 3.8) is 0 Å². The van der Waals surface area contributed by atoms with Crippen molar-refractivity contribution in [3.8, 4) is 0 Å². The summed E-state index contributed by atoms with van der Waals surface area (Å²) in [4.78, 5) is 24.3. The highest BCUT2D eigenvalue weighted by atomic mass is 32.2. The van der Waals surface area contributed by atoms with E-state index in [1.807, 2.05) is 0 Å². The largest absolute Gasteiger partial charge is 0.322 e. The van der Waals surface area contributed by atoms with Crippen molar-refractivity contribution in [2.75, 3.05) is 44.6 Å². The lowest BCUT2D eigenvalue weighted by molar-refractivity contribution is -0.384. The zero-order chi connectivity index (χ0) is 20.1. The number of nitro groups is 1. The first kappa shape index (κ1) is 20.5. The lowest BCUT2D eigenvalue weighted by Gasteiger charge is -2.36. The van der Waals surface area contributed by atoms with Crippen molar-refractivity contribution in [2.45, 2.75) is 25.7 Å². The average Bonchev–Trinajstić information content (AvgIpc) is 2.98. The standard InChI is InChI=1S/C17H25N5O5S/c23-17(18-15-6-5-7-16(14-15)22(24)25)19-10-12-21(13-11-19)28(26,27)20-8-3-1-2-4-9-20/h5-7,14H,1-4,8-13H2,(H,18,23). The smallest absolute Gasteiger partial charge is 0.321 e. The van der Waals surface area contributed by atoms with Gasteiger partial charge in [0.1, 0.15) is 0 Å². The lowest BCUT2D eigenvalue weighted by Crippen LogP contribution is -2.55. The molecule has 10 nitrogen and oxygen atoms in total. The number of benzene rings is 1. The Morgan fingerprint density at radius 3 is 2.18 bits per heavy atom. The number of carbonyl (C=O) groups excluding carboxylic acids is 1. The van der Waals surface area contributed by atoms with E-state index in [1.165, 1.54) is 27.4 Å². The molecule has 3 rings (SSSR count). The third kappa shape index (κ3) is 4.78. The minimum atomic E-state index is -3.50. The normalized spacial score (nSPS) is 19.8. The topological polar surface area (TPSA) is 116 Å². The van der Waals surface area contributed by atoms with Crippen LogP contribution in [0.2, 0.25) is 0 Å². The number of nitrogens with zero attached hydrogens (tertiary/aromatic N) is 4. The van der Waals surface area contributed by atoms with E-state index >= 15 is 0 Å². The number of nitro benzene ring substituents is 1. The van der Waals surface area contributed by atoms with E-state index in [4.69, 9.17) is 0 Å². The summed E-state index contributed by atoms with van der Waals surface area (Å²) in [7, 11) is -3.50. The van der Waals surface area contributed by atoms with Crippen LogP contribution in [0, 0.1) is 10.1 Å². The molecule has 0 aromatic heterocycles. The van der Waals surface area contributed by atoms with Crippen LogP contribution in [0.15, 0.2) is 24.3 Å².